The quantitative estimate of drug-likeness (QED) is 0.379. The molecule has 0 bridgehead atoms. The van der Waals surface area contributed by atoms with Crippen LogP contribution in [-0.2, 0) is 24.3 Å². The molecule has 0 aliphatic carbocycles. The Morgan fingerprint density at radius 1 is 1.15 bits per heavy atom. The monoisotopic (exact) mass is 495 g/mol. The predicted molar refractivity (Wildman–Crippen MR) is 125 cm³/mol. The molecule has 0 aliphatic rings. The molecule has 0 aliphatic heterocycles. The third-order valence-corrected chi connectivity index (χ3v) is 6.24. The minimum Gasteiger partial charge on any atom is -0.495 e. The highest BCUT2D eigenvalue weighted by Crippen LogP contribution is 2.33. The molecule has 10 heteroatoms. The van der Waals surface area contributed by atoms with Crippen LogP contribution in [0.15, 0.2) is 60.0 Å². The molecule has 178 valence electrons. The lowest BCUT2D eigenvalue weighted by atomic mass is 10.2. The third kappa shape index (κ3) is 6.72. The predicted octanol–water partition coefficient (Wildman–Crippen LogP) is 4.23. The zero-order valence-corrected chi connectivity index (χ0v) is 20.4. The van der Waals surface area contributed by atoms with E-state index in [-0.39, 0.29) is 22.0 Å². The molecule has 2 aromatic carbocycles. The molecule has 0 fully saturated rings. The number of hydrogen-bond donors (Lipinski definition) is 0. The second kappa shape index (κ2) is 10.7. The SMILES string of the molecule is C=CCN(c1ccccc1OC)S(=O)(=O)c1ccc(Cl)c(C(=O)OCC(=O)OC(C)(C)C)c1. The smallest absolute Gasteiger partial charge is 0.344 e. The number of esters is 2. The topological polar surface area (TPSA) is 99.2 Å². The van der Waals surface area contributed by atoms with Crippen LogP contribution in [0.25, 0.3) is 0 Å². The third-order valence-electron chi connectivity index (χ3n) is 4.14. The summed E-state index contributed by atoms with van der Waals surface area (Å²) in [5.74, 6) is -1.37. The Labute approximate surface area is 198 Å². The molecule has 2 rings (SSSR count). The van der Waals surface area contributed by atoms with Gasteiger partial charge in [-0.3, -0.25) is 4.31 Å². The number of para-hydroxylation sites is 2. The van der Waals surface area contributed by atoms with E-state index >= 15 is 0 Å². The van der Waals surface area contributed by atoms with Gasteiger partial charge in [0.1, 0.15) is 11.4 Å². The summed E-state index contributed by atoms with van der Waals surface area (Å²) in [5, 5.41) is -0.0318. The number of anilines is 1. The average Bonchev–Trinajstić information content (AvgIpc) is 2.74. The Hall–Kier alpha value is -3.04. The van der Waals surface area contributed by atoms with Gasteiger partial charge < -0.3 is 14.2 Å². The van der Waals surface area contributed by atoms with E-state index in [4.69, 9.17) is 25.8 Å². The maximum Gasteiger partial charge on any atom is 0.344 e. The van der Waals surface area contributed by atoms with Gasteiger partial charge in [0.05, 0.1) is 34.8 Å². The molecule has 0 N–H and O–H groups in total. The van der Waals surface area contributed by atoms with Crippen LogP contribution in [0.5, 0.6) is 5.75 Å². The van der Waals surface area contributed by atoms with Gasteiger partial charge in [0.15, 0.2) is 6.61 Å². The van der Waals surface area contributed by atoms with E-state index in [2.05, 4.69) is 6.58 Å². The molecular weight excluding hydrogens is 470 g/mol. The molecule has 0 heterocycles. The van der Waals surface area contributed by atoms with E-state index in [0.717, 1.165) is 10.4 Å². The lowest BCUT2D eigenvalue weighted by Crippen LogP contribution is -2.31. The van der Waals surface area contributed by atoms with E-state index in [9.17, 15) is 18.0 Å². The number of halogens is 1. The van der Waals surface area contributed by atoms with Gasteiger partial charge >= 0.3 is 11.9 Å². The molecule has 33 heavy (non-hydrogen) atoms. The number of rotatable bonds is 9. The summed E-state index contributed by atoms with van der Waals surface area (Å²) in [5.41, 5.74) is -0.661. The van der Waals surface area contributed by atoms with Crippen molar-refractivity contribution in [3.63, 3.8) is 0 Å². The number of carbonyl (C=O) groups is 2. The molecule has 2 aromatic rings. The lowest BCUT2D eigenvalue weighted by molar-refractivity contribution is -0.158. The molecule has 0 atom stereocenters. The minimum absolute atomic E-state index is 0.0318. The van der Waals surface area contributed by atoms with E-state index in [1.165, 1.54) is 25.3 Å². The maximum absolute atomic E-state index is 13.5. The minimum atomic E-state index is -4.15. The number of methoxy groups -OCH3 is 1. The molecule has 0 aromatic heterocycles. The van der Waals surface area contributed by atoms with Crippen molar-refractivity contribution in [2.75, 3.05) is 24.6 Å². The first-order chi connectivity index (χ1) is 15.4. The van der Waals surface area contributed by atoms with Crippen molar-refractivity contribution in [1.82, 2.24) is 0 Å². The summed E-state index contributed by atoms with van der Waals surface area (Å²) >= 11 is 6.11. The van der Waals surface area contributed by atoms with Gasteiger partial charge in [-0.1, -0.05) is 29.8 Å². The van der Waals surface area contributed by atoms with Crippen LogP contribution in [-0.4, -0.2) is 46.2 Å². The van der Waals surface area contributed by atoms with Crippen LogP contribution in [0, 0.1) is 0 Å². The van der Waals surface area contributed by atoms with Gasteiger partial charge in [-0.05, 0) is 51.1 Å². The molecule has 0 unspecified atom stereocenters. The van der Waals surface area contributed by atoms with Gasteiger partial charge in [-0.15, -0.1) is 6.58 Å². The van der Waals surface area contributed by atoms with Gasteiger partial charge in [0.25, 0.3) is 10.0 Å². The zero-order chi connectivity index (χ0) is 24.8. The first kappa shape index (κ1) is 26.2. The first-order valence-electron chi connectivity index (χ1n) is 9.86. The number of ether oxygens (including phenoxy) is 3. The molecular formula is C23H26ClNO7S. The number of benzene rings is 2. The van der Waals surface area contributed by atoms with E-state index in [1.54, 1.807) is 45.0 Å². The van der Waals surface area contributed by atoms with E-state index < -0.39 is 34.2 Å². The van der Waals surface area contributed by atoms with Crippen LogP contribution in [0.1, 0.15) is 31.1 Å². The largest absolute Gasteiger partial charge is 0.495 e. The highest BCUT2D eigenvalue weighted by atomic mass is 35.5. The van der Waals surface area contributed by atoms with Gasteiger partial charge in [0, 0.05) is 0 Å². The molecule has 0 spiro atoms. The van der Waals surface area contributed by atoms with Crippen molar-refractivity contribution in [2.24, 2.45) is 0 Å². The molecule has 0 amide bonds. The van der Waals surface area contributed by atoms with Crippen LogP contribution >= 0.6 is 11.6 Å². The van der Waals surface area contributed by atoms with E-state index in [1.807, 2.05) is 0 Å². The fraction of sp³-hybridized carbons (Fsp3) is 0.304. The Kier molecular flexibility index (Phi) is 8.51. The number of sulfonamides is 1. The number of hydrogen-bond acceptors (Lipinski definition) is 7. The standard InChI is InChI=1S/C23H26ClNO7S/c1-6-13-25(19-9-7-8-10-20(19)30-5)33(28,29)16-11-12-18(24)17(14-16)22(27)31-15-21(26)32-23(2,3)4/h6-12,14H,1,13,15H2,2-5H3. The Morgan fingerprint density at radius 2 is 1.82 bits per heavy atom. The summed E-state index contributed by atoms with van der Waals surface area (Å²) in [6.07, 6.45) is 1.43. The average molecular weight is 496 g/mol. The van der Waals surface area contributed by atoms with E-state index in [0.29, 0.717) is 11.4 Å². The summed E-state index contributed by atoms with van der Waals surface area (Å²) in [4.78, 5) is 24.1. The summed E-state index contributed by atoms with van der Waals surface area (Å²) in [7, 11) is -2.72. The maximum atomic E-state index is 13.5. The van der Waals surface area contributed by atoms with Gasteiger partial charge in [0.2, 0.25) is 0 Å². The van der Waals surface area contributed by atoms with Gasteiger partial charge in [-0.25, -0.2) is 18.0 Å². The van der Waals surface area contributed by atoms with Crippen LogP contribution < -0.4 is 9.04 Å². The van der Waals surface area contributed by atoms with Crippen molar-refractivity contribution < 1.29 is 32.2 Å². The molecule has 8 nitrogen and oxygen atoms in total. The Morgan fingerprint density at radius 3 is 2.42 bits per heavy atom. The lowest BCUT2D eigenvalue weighted by Gasteiger charge is -2.25. The van der Waals surface area contributed by atoms with Crippen LogP contribution in [0.3, 0.4) is 0 Å². The molecule has 0 saturated heterocycles. The first-order valence-corrected chi connectivity index (χ1v) is 11.7. The van der Waals surface area contributed by atoms with Crippen LogP contribution in [0.2, 0.25) is 5.02 Å². The zero-order valence-electron chi connectivity index (χ0n) is 18.8. The summed E-state index contributed by atoms with van der Waals surface area (Å²) < 4.78 is 43.4. The fourth-order valence-electron chi connectivity index (χ4n) is 2.80. The van der Waals surface area contributed by atoms with Crippen molar-refractivity contribution in [3.8, 4) is 5.75 Å². The highest BCUT2D eigenvalue weighted by molar-refractivity contribution is 7.92. The molecule has 0 saturated carbocycles. The van der Waals surface area contributed by atoms with Crippen molar-refractivity contribution >= 4 is 39.3 Å². The second-order valence-electron chi connectivity index (χ2n) is 7.80. The normalized spacial score (nSPS) is 11.4. The Bertz CT molecular complexity index is 1140. The summed E-state index contributed by atoms with van der Waals surface area (Å²) in [6.45, 7) is 7.96. The van der Waals surface area contributed by atoms with Crippen molar-refractivity contribution in [1.29, 1.82) is 0 Å². The number of nitrogens with zero attached hydrogens (tertiary/aromatic N) is 1. The van der Waals surface area contributed by atoms with Crippen molar-refractivity contribution in [3.05, 3.63) is 65.7 Å². The van der Waals surface area contributed by atoms with Gasteiger partial charge in [-0.2, -0.15) is 0 Å². The van der Waals surface area contributed by atoms with Crippen LogP contribution in [0.4, 0.5) is 5.69 Å². The number of carbonyl (C=O) groups excluding carboxylic acids is 2. The van der Waals surface area contributed by atoms with Crippen molar-refractivity contribution in [2.45, 2.75) is 31.3 Å². The molecule has 0 radical (unpaired) electrons. The Balaban J connectivity index is 2.38. The highest BCUT2D eigenvalue weighted by Gasteiger charge is 2.28. The second-order valence-corrected chi connectivity index (χ2v) is 10.1. The summed E-state index contributed by atoms with van der Waals surface area (Å²) in [6, 6.07) is 10.2. The fourth-order valence-corrected chi connectivity index (χ4v) is 4.47.